The average molecular weight is 418 g/mol. The number of fused-ring (bicyclic) bond motifs is 1. The predicted octanol–water partition coefficient (Wildman–Crippen LogP) is 2.94. The molecule has 1 N–H and O–H groups in total. The van der Waals surface area contributed by atoms with Gasteiger partial charge in [0.1, 0.15) is 19.5 Å². The Balaban J connectivity index is 1.97. The molecule has 0 unspecified atom stereocenters. The van der Waals surface area contributed by atoms with Crippen molar-refractivity contribution in [1.29, 1.82) is 0 Å². The van der Waals surface area contributed by atoms with E-state index in [0.717, 1.165) is 56.1 Å². The number of nitrogens with zero attached hydrogens (tertiary/aromatic N) is 4. The normalized spacial score (nSPS) is 15.2. The third-order valence-corrected chi connectivity index (χ3v) is 7.02. The molecule has 0 saturated carbocycles. The highest BCUT2D eigenvalue weighted by Crippen LogP contribution is 2.36. The minimum atomic E-state index is 0.285. The SMILES string of the molecule is Bc1cc(CC)c(-n2c(C)c(C)c3c(N4CCC(CO)CC4)nc(C)nc32)c(CC)c1. The number of piperidine rings is 1. The van der Waals surface area contributed by atoms with Gasteiger partial charge in [-0.15, -0.1) is 0 Å². The second kappa shape index (κ2) is 8.66. The van der Waals surface area contributed by atoms with Crippen LogP contribution in [-0.2, 0) is 12.8 Å². The van der Waals surface area contributed by atoms with E-state index in [-0.39, 0.29) is 6.61 Å². The smallest absolute Gasteiger partial charge is 0.150 e. The fourth-order valence-electron chi connectivity index (χ4n) is 5.14. The maximum Gasteiger partial charge on any atom is 0.150 e. The first kappa shape index (κ1) is 21.9. The van der Waals surface area contributed by atoms with Crippen LogP contribution in [-0.4, -0.2) is 47.2 Å². The van der Waals surface area contributed by atoms with E-state index in [4.69, 9.17) is 9.97 Å². The van der Waals surface area contributed by atoms with Crippen molar-refractivity contribution in [1.82, 2.24) is 14.5 Å². The highest BCUT2D eigenvalue weighted by Gasteiger charge is 2.26. The van der Waals surface area contributed by atoms with Crippen molar-refractivity contribution in [3.8, 4) is 5.69 Å². The third-order valence-electron chi connectivity index (χ3n) is 7.02. The summed E-state index contributed by atoms with van der Waals surface area (Å²) in [5.41, 5.74) is 8.90. The Bertz CT molecular complexity index is 1090. The van der Waals surface area contributed by atoms with E-state index >= 15 is 0 Å². The average Bonchev–Trinajstić information content (AvgIpc) is 3.02. The van der Waals surface area contributed by atoms with Gasteiger partial charge in [-0.1, -0.05) is 31.4 Å². The summed E-state index contributed by atoms with van der Waals surface area (Å²) in [4.78, 5) is 12.3. The van der Waals surface area contributed by atoms with Gasteiger partial charge in [0.25, 0.3) is 0 Å². The van der Waals surface area contributed by atoms with Crippen LogP contribution < -0.4 is 10.4 Å². The third kappa shape index (κ3) is 3.75. The van der Waals surface area contributed by atoms with Crippen molar-refractivity contribution in [2.24, 2.45) is 5.92 Å². The summed E-state index contributed by atoms with van der Waals surface area (Å²) in [6.45, 7) is 13.1. The zero-order valence-electron chi connectivity index (χ0n) is 19.9. The quantitative estimate of drug-likeness (QED) is 0.648. The van der Waals surface area contributed by atoms with Gasteiger partial charge < -0.3 is 10.0 Å². The molecular weight excluding hydrogens is 383 g/mol. The summed E-state index contributed by atoms with van der Waals surface area (Å²) in [6.07, 6.45) is 4.01. The molecule has 1 saturated heterocycles. The lowest BCUT2D eigenvalue weighted by Crippen LogP contribution is -2.35. The molecule has 0 aliphatic carbocycles. The molecule has 1 aliphatic rings. The fourth-order valence-corrected chi connectivity index (χ4v) is 5.14. The molecule has 1 fully saturated rings. The van der Waals surface area contributed by atoms with Gasteiger partial charge in [0, 0.05) is 25.4 Å². The van der Waals surface area contributed by atoms with E-state index in [9.17, 15) is 5.11 Å². The number of anilines is 1. The molecule has 3 heterocycles. The number of hydrogen-bond donors (Lipinski definition) is 1. The summed E-state index contributed by atoms with van der Waals surface area (Å²) in [7, 11) is 2.19. The highest BCUT2D eigenvalue weighted by atomic mass is 16.3. The molecule has 1 aliphatic heterocycles. The second-order valence-electron chi connectivity index (χ2n) is 9.09. The van der Waals surface area contributed by atoms with Crippen molar-refractivity contribution >= 4 is 30.2 Å². The van der Waals surface area contributed by atoms with Gasteiger partial charge in [0.05, 0.1) is 11.1 Å². The summed E-state index contributed by atoms with van der Waals surface area (Å²) in [6, 6.07) is 4.65. The summed E-state index contributed by atoms with van der Waals surface area (Å²) >= 11 is 0. The van der Waals surface area contributed by atoms with Gasteiger partial charge in [-0.25, -0.2) is 9.97 Å². The van der Waals surface area contributed by atoms with Gasteiger partial charge in [-0.05, 0) is 69.1 Å². The molecule has 0 bridgehead atoms. The van der Waals surface area contributed by atoms with E-state index in [0.29, 0.717) is 5.92 Å². The molecule has 5 nitrogen and oxygen atoms in total. The number of aliphatic hydroxyl groups is 1. The van der Waals surface area contributed by atoms with Crippen molar-refractivity contribution in [2.75, 3.05) is 24.6 Å². The molecule has 164 valence electrons. The van der Waals surface area contributed by atoms with Crippen LogP contribution in [0.4, 0.5) is 5.82 Å². The molecule has 0 radical (unpaired) electrons. The zero-order chi connectivity index (χ0) is 22.3. The van der Waals surface area contributed by atoms with E-state index in [1.165, 1.54) is 38.9 Å². The number of rotatable bonds is 5. The van der Waals surface area contributed by atoms with Crippen molar-refractivity contribution < 1.29 is 5.11 Å². The number of aromatic nitrogens is 3. The van der Waals surface area contributed by atoms with Gasteiger partial charge in [-0.3, -0.25) is 4.57 Å². The molecule has 3 aromatic rings. The van der Waals surface area contributed by atoms with Crippen LogP contribution >= 0.6 is 0 Å². The Labute approximate surface area is 186 Å². The number of aliphatic hydroxyl groups excluding tert-OH is 1. The zero-order valence-corrected chi connectivity index (χ0v) is 19.9. The second-order valence-corrected chi connectivity index (χ2v) is 9.09. The summed E-state index contributed by atoms with van der Waals surface area (Å²) < 4.78 is 2.39. The molecular formula is C25H35BN4O. The summed E-state index contributed by atoms with van der Waals surface area (Å²) in [5.74, 6) is 2.28. The Morgan fingerprint density at radius 3 is 2.19 bits per heavy atom. The van der Waals surface area contributed by atoms with Crippen LogP contribution in [0.1, 0.15) is 54.9 Å². The largest absolute Gasteiger partial charge is 0.396 e. The number of hydrogen-bond acceptors (Lipinski definition) is 4. The maximum atomic E-state index is 9.54. The van der Waals surface area contributed by atoms with Crippen molar-refractivity contribution in [3.05, 3.63) is 40.3 Å². The van der Waals surface area contributed by atoms with Gasteiger partial charge in [-0.2, -0.15) is 0 Å². The first-order valence-electron chi connectivity index (χ1n) is 11.7. The first-order valence-corrected chi connectivity index (χ1v) is 11.7. The Morgan fingerprint density at radius 2 is 1.65 bits per heavy atom. The molecule has 6 heteroatoms. The van der Waals surface area contributed by atoms with Gasteiger partial charge >= 0.3 is 0 Å². The minimum absolute atomic E-state index is 0.285. The lowest BCUT2D eigenvalue weighted by atomic mass is 9.89. The number of benzene rings is 1. The van der Waals surface area contributed by atoms with E-state index in [2.05, 4.69) is 57.1 Å². The van der Waals surface area contributed by atoms with Gasteiger partial charge in [0.15, 0.2) is 5.65 Å². The maximum absolute atomic E-state index is 9.54. The van der Waals surface area contributed by atoms with E-state index < -0.39 is 0 Å². The molecule has 1 aromatic carbocycles. The lowest BCUT2D eigenvalue weighted by molar-refractivity contribution is 0.203. The van der Waals surface area contributed by atoms with Gasteiger partial charge in [0.2, 0.25) is 0 Å². The molecule has 4 rings (SSSR count). The minimum Gasteiger partial charge on any atom is -0.396 e. The predicted molar refractivity (Wildman–Crippen MR) is 132 cm³/mol. The molecule has 31 heavy (non-hydrogen) atoms. The highest BCUT2D eigenvalue weighted by molar-refractivity contribution is 6.32. The van der Waals surface area contributed by atoms with Crippen LogP contribution in [0.5, 0.6) is 0 Å². The van der Waals surface area contributed by atoms with Crippen molar-refractivity contribution in [3.63, 3.8) is 0 Å². The van der Waals surface area contributed by atoms with E-state index in [1.54, 1.807) is 0 Å². The standard InChI is InChI=1S/C25H35BN4O/c1-6-19-12-21(26)13-20(7-2)23(19)30-16(4)15(3)22-24(27-17(5)28-25(22)30)29-10-8-18(14-31)9-11-29/h12-13,18,31H,6-11,14,26H2,1-5H3. The molecule has 0 spiro atoms. The Kier molecular flexibility index (Phi) is 6.11. The molecule has 0 amide bonds. The topological polar surface area (TPSA) is 54.2 Å². The number of aryl methyl sites for hydroxylation is 4. The monoisotopic (exact) mass is 418 g/mol. The summed E-state index contributed by atoms with van der Waals surface area (Å²) in [5, 5.41) is 10.7. The fraction of sp³-hybridized carbons (Fsp3) is 0.520. The lowest BCUT2D eigenvalue weighted by Gasteiger charge is -2.32. The van der Waals surface area contributed by atoms with Crippen LogP contribution in [0.15, 0.2) is 12.1 Å². The van der Waals surface area contributed by atoms with Crippen LogP contribution in [0, 0.1) is 26.7 Å². The van der Waals surface area contributed by atoms with Crippen LogP contribution in [0.2, 0.25) is 0 Å². The Hall–Kier alpha value is -2.34. The molecule has 0 atom stereocenters. The Morgan fingerprint density at radius 1 is 1.03 bits per heavy atom. The van der Waals surface area contributed by atoms with E-state index in [1.807, 2.05) is 6.92 Å². The van der Waals surface area contributed by atoms with Crippen molar-refractivity contribution in [2.45, 2.75) is 60.3 Å². The van der Waals surface area contributed by atoms with Crippen LogP contribution in [0.25, 0.3) is 16.7 Å². The first-order chi connectivity index (χ1) is 14.9. The van der Waals surface area contributed by atoms with Crippen LogP contribution in [0.3, 0.4) is 0 Å². The molecule has 2 aromatic heterocycles.